The Kier molecular flexibility index (Phi) is 4.22. The minimum atomic E-state index is -0.987. The molecule has 2 aromatic rings. The highest BCUT2D eigenvalue weighted by molar-refractivity contribution is 5.75. The Morgan fingerprint density at radius 1 is 1.14 bits per heavy atom. The molecule has 0 spiro atoms. The van der Waals surface area contributed by atoms with Crippen LogP contribution in [-0.2, 0) is 6.61 Å². The number of non-ortho nitro benzene ring substituents is 1. The summed E-state index contributed by atoms with van der Waals surface area (Å²) in [6.07, 6.45) is 0.326. The number of benzene rings is 2. The number of ether oxygens (including phenoxy) is 1. The Bertz CT molecular complexity index is 663. The Balaban J connectivity index is 2.13. The number of carbonyl (C=O) groups excluding carboxylic acids is 1. The Labute approximate surface area is 117 Å². The van der Waals surface area contributed by atoms with Crippen molar-refractivity contribution in [2.45, 2.75) is 6.61 Å². The van der Waals surface area contributed by atoms with Crippen LogP contribution in [0.15, 0.2) is 36.4 Å². The zero-order valence-corrected chi connectivity index (χ0v) is 10.6. The highest BCUT2D eigenvalue weighted by Crippen LogP contribution is 2.24. The van der Waals surface area contributed by atoms with Crippen molar-refractivity contribution in [3.05, 3.63) is 69.3 Å². The van der Waals surface area contributed by atoms with Crippen molar-refractivity contribution >= 4 is 12.0 Å². The molecule has 0 heterocycles. The fraction of sp³-hybridized carbons (Fsp3) is 0.0714. The largest absolute Gasteiger partial charge is 0.483 e. The smallest absolute Gasteiger partial charge is 0.269 e. The van der Waals surface area contributed by atoms with Crippen LogP contribution in [0.25, 0.3) is 0 Å². The van der Waals surface area contributed by atoms with Gasteiger partial charge in [0.15, 0.2) is 17.4 Å². The monoisotopic (exact) mass is 293 g/mol. The molecular formula is C14H9F2NO4. The Morgan fingerprint density at radius 2 is 1.71 bits per heavy atom. The maximum absolute atomic E-state index is 13.6. The van der Waals surface area contributed by atoms with Crippen molar-refractivity contribution in [2.75, 3.05) is 0 Å². The third kappa shape index (κ3) is 3.38. The zero-order chi connectivity index (χ0) is 15.4. The highest BCUT2D eigenvalue weighted by Gasteiger charge is 2.13. The SMILES string of the molecule is O=Cc1cc(F)c(OCc2ccc([N+](=O)[O-])cc2)c(F)c1. The first kappa shape index (κ1) is 14.6. The molecular weight excluding hydrogens is 284 g/mol. The summed E-state index contributed by atoms with van der Waals surface area (Å²) in [6, 6.07) is 7.10. The topological polar surface area (TPSA) is 69.4 Å². The molecule has 0 atom stereocenters. The van der Waals surface area contributed by atoms with E-state index in [1.54, 1.807) is 0 Å². The van der Waals surface area contributed by atoms with E-state index in [1.165, 1.54) is 24.3 Å². The molecule has 7 heteroatoms. The van der Waals surface area contributed by atoms with E-state index < -0.39 is 22.3 Å². The molecule has 2 rings (SSSR count). The van der Waals surface area contributed by atoms with Crippen LogP contribution in [0.1, 0.15) is 15.9 Å². The molecule has 0 amide bonds. The molecule has 21 heavy (non-hydrogen) atoms. The molecule has 0 aliphatic carbocycles. The van der Waals surface area contributed by atoms with E-state index in [9.17, 15) is 23.7 Å². The number of nitro groups is 1. The summed E-state index contributed by atoms with van der Waals surface area (Å²) in [6.45, 7) is -0.160. The van der Waals surface area contributed by atoms with E-state index in [0.29, 0.717) is 11.8 Å². The molecule has 0 bridgehead atoms. The third-order valence-electron chi connectivity index (χ3n) is 2.69. The lowest BCUT2D eigenvalue weighted by Gasteiger charge is -2.08. The number of hydrogen-bond donors (Lipinski definition) is 0. The second kappa shape index (κ2) is 6.08. The van der Waals surface area contributed by atoms with Gasteiger partial charge < -0.3 is 4.74 Å². The van der Waals surface area contributed by atoms with Gasteiger partial charge in [0.1, 0.15) is 12.9 Å². The van der Waals surface area contributed by atoms with Gasteiger partial charge in [0.25, 0.3) is 5.69 Å². The number of aldehydes is 1. The van der Waals surface area contributed by atoms with Gasteiger partial charge in [-0.3, -0.25) is 14.9 Å². The fourth-order valence-corrected chi connectivity index (χ4v) is 1.65. The maximum Gasteiger partial charge on any atom is 0.269 e. The van der Waals surface area contributed by atoms with E-state index in [1.807, 2.05) is 0 Å². The Morgan fingerprint density at radius 3 is 2.19 bits per heavy atom. The van der Waals surface area contributed by atoms with Gasteiger partial charge in [-0.05, 0) is 29.8 Å². The summed E-state index contributed by atoms with van der Waals surface area (Å²) in [7, 11) is 0. The van der Waals surface area contributed by atoms with Gasteiger partial charge in [0, 0.05) is 17.7 Å². The van der Waals surface area contributed by atoms with Gasteiger partial charge in [-0.15, -0.1) is 0 Å². The van der Waals surface area contributed by atoms with Crippen molar-refractivity contribution in [3.63, 3.8) is 0 Å². The van der Waals surface area contributed by atoms with Crippen LogP contribution in [0.5, 0.6) is 5.75 Å². The van der Waals surface area contributed by atoms with Crippen molar-refractivity contribution in [1.29, 1.82) is 0 Å². The molecule has 0 aliphatic rings. The van der Waals surface area contributed by atoms with Crippen molar-refractivity contribution < 1.29 is 23.2 Å². The first-order valence-electron chi connectivity index (χ1n) is 5.81. The van der Waals surface area contributed by atoms with E-state index in [2.05, 4.69) is 0 Å². The summed E-state index contributed by atoms with van der Waals surface area (Å²) in [5.74, 6) is -2.57. The van der Waals surface area contributed by atoms with Crippen molar-refractivity contribution in [2.24, 2.45) is 0 Å². The quantitative estimate of drug-likeness (QED) is 0.482. The lowest BCUT2D eigenvalue weighted by molar-refractivity contribution is -0.384. The lowest BCUT2D eigenvalue weighted by Crippen LogP contribution is -2.01. The molecule has 0 unspecified atom stereocenters. The van der Waals surface area contributed by atoms with Gasteiger partial charge in [0.2, 0.25) is 0 Å². The molecule has 0 aliphatic heterocycles. The average molecular weight is 293 g/mol. The van der Waals surface area contributed by atoms with Crippen molar-refractivity contribution in [1.82, 2.24) is 0 Å². The van der Waals surface area contributed by atoms with Crippen LogP contribution < -0.4 is 4.74 Å². The molecule has 108 valence electrons. The first-order valence-corrected chi connectivity index (χ1v) is 5.81. The Hall–Kier alpha value is -2.83. The third-order valence-corrected chi connectivity index (χ3v) is 2.69. The fourth-order valence-electron chi connectivity index (χ4n) is 1.65. The van der Waals surface area contributed by atoms with Gasteiger partial charge in [-0.1, -0.05) is 0 Å². The summed E-state index contributed by atoms with van der Waals surface area (Å²) < 4.78 is 32.1. The van der Waals surface area contributed by atoms with Gasteiger partial charge in [-0.2, -0.15) is 0 Å². The van der Waals surface area contributed by atoms with Crippen LogP contribution in [0.3, 0.4) is 0 Å². The normalized spacial score (nSPS) is 10.2. The molecule has 5 nitrogen and oxygen atoms in total. The summed E-state index contributed by atoms with van der Waals surface area (Å²) in [5, 5.41) is 10.5. The molecule has 0 aromatic heterocycles. The van der Waals surface area contributed by atoms with Crippen LogP contribution in [-0.4, -0.2) is 11.2 Å². The van der Waals surface area contributed by atoms with Crippen LogP contribution >= 0.6 is 0 Å². The highest BCUT2D eigenvalue weighted by atomic mass is 19.1. The van der Waals surface area contributed by atoms with E-state index in [-0.39, 0.29) is 17.9 Å². The number of nitro benzene ring substituents is 1. The van der Waals surface area contributed by atoms with E-state index in [0.717, 1.165) is 12.1 Å². The second-order valence-corrected chi connectivity index (χ2v) is 4.14. The molecule has 0 radical (unpaired) electrons. The van der Waals surface area contributed by atoms with Crippen LogP contribution in [0.2, 0.25) is 0 Å². The van der Waals surface area contributed by atoms with E-state index in [4.69, 9.17) is 4.74 Å². The average Bonchev–Trinajstić information content (AvgIpc) is 2.46. The van der Waals surface area contributed by atoms with Gasteiger partial charge >= 0.3 is 0 Å². The van der Waals surface area contributed by atoms with Crippen molar-refractivity contribution in [3.8, 4) is 5.75 Å². The second-order valence-electron chi connectivity index (χ2n) is 4.14. The maximum atomic E-state index is 13.6. The standard InChI is InChI=1S/C14H9F2NO4/c15-12-5-10(7-18)6-13(16)14(12)21-8-9-1-3-11(4-2-9)17(19)20/h1-7H,8H2. The van der Waals surface area contributed by atoms with E-state index >= 15 is 0 Å². The number of hydrogen-bond acceptors (Lipinski definition) is 4. The van der Waals surface area contributed by atoms with Crippen LogP contribution in [0.4, 0.5) is 14.5 Å². The number of halogens is 2. The summed E-state index contributed by atoms with van der Waals surface area (Å²) in [5.41, 5.74) is 0.290. The molecule has 2 aromatic carbocycles. The summed E-state index contributed by atoms with van der Waals surface area (Å²) in [4.78, 5) is 20.4. The number of carbonyl (C=O) groups is 1. The van der Waals surface area contributed by atoms with Crippen LogP contribution in [0, 0.1) is 21.7 Å². The van der Waals surface area contributed by atoms with Gasteiger partial charge in [0.05, 0.1) is 4.92 Å². The zero-order valence-electron chi connectivity index (χ0n) is 10.6. The molecule has 0 N–H and O–H groups in total. The summed E-state index contributed by atoms with van der Waals surface area (Å²) >= 11 is 0. The molecule has 0 fully saturated rings. The minimum absolute atomic E-state index is 0.0913. The lowest BCUT2D eigenvalue weighted by atomic mass is 10.2. The number of nitrogens with zero attached hydrogens (tertiary/aromatic N) is 1. The predicted molar refractivity (Wildman–Crippen MR) is 69.2 cm³/mol. The molecule has 0 saturated carbocycles. The number of rotatable bonds is 5. The first-order chi connectivity index (χ1) is 10.0. The minimum Gasteiger partial charge on any atom is -0.483 e. The van der Waals surface area contributed by atoms with Gasteiger partial charge in [-0.25, -0.2) is 8.78 Å². The molecule has 0 saturated heterocycles. The predicted octanol–water partition coefficient (Wildman–Crippen LogP) is 3.26.